The maximum atomic E-state index is 9.47. The van der Waals surface area contributed by atoms with Crippen molar-refractivity contribution in [2.45, 2.75) is 12.6 Å². The summed E-state index contributed by atoms with van der Waals surface area (Å²) in [6.07, 6.45) is 0. The number of methoxy groups -OCH3 is 1. The van der Waals surface area contributed by atoms with Gasteiger partial charge >= 0.3 is 0 Å². The lowest BCUT2D eigenvalue weighted by molar-refractivity contribution is 0.184. The van der Waals surface area contributed by atoms with Gasteiger partial charge in [-0.25, -0.2) is 0 Å². The number of rotatable bonds is 4. The number of phenols is 1. The second kappa shape index (κ2) is 4.95. The van der Waals surface area contributed by atoms with Crippen molar-refractivity contribution in [2.24, 2.45) is 5.73 Å². The largest absolute Gasteiger partial charge is 0.508 e. The summed E-state index contributed by atoms with van der Waals surface area (Å²) >= 11 is 0. The van der Waals surface area contributed by atoms with Gasteiger partial charge in [0, 0.05) is 12.7 Å². The first kappa shape index (κ1) is 11.0. The van der Waals surface area contributed by atoms with E-state index < -0.39 is 6.04 Å². The fourth-order valence-corrected chi connectivity index (χ4v) is 1.26. The average Bonchev–Trinajstić information content (AvgIpc) is 2.20. The molecule has 0 bridgehead atoms. The van der Waals surface area contributed by atoms with Crippen LogP contribution in [-0.2, 0) is 11.3 Å². The van der Waals surface area contributed by atoms with Crippen LogP contribution >= 0.6 is 0 Å². The molecule has 0 radical (unpaired) electrons. The molecule has 4 N–H and O–H groups in total. The minimum absolute atomic E-state index is 0.103. The fraction of sp³-hybridized carbons (Fsp3) is 0.400. The molecule has 1 aromatic carbocycles. The summed E-state index contributed by atoms with van der Waals surface area (Å²) in [5, 5.41) is 18.3. The van der Waals surface area contributed by atoms with Crippen LogP contribution in [0.3, 0.4) is 0 Å². The van der Waals surface area contributed by atoms with Crippen LogP contribution in [0.25, 0.3) is 0 Å². The molecule has 4 nitrogen and oxygen atoms in total. The molecule has 1 atom stereocenters. The molecule has 0 aliphatic carbocycles. The van der Waals surface area contributed by atoms with Gasteiger partial charge < -0.3 is 20.7 Å². The van der Waals surface area contributed by atoms with Gasteiger partial charge in [-0.2, -0.15) is 0 Å². The molecule has 1 aromatic rings. The summed E-state index contributed by atoms with van der Waals surface area (Å²) in [6, 6.07) is 4.50. The molecule has 0 aromatic heterocycles. The molecular formula is C10H15NO3. The topological polar surface area (TPSA) is 75.7 Å². The average molecular weight is 197 g/mol. The van der Waals surface area contributed by atoms with E-state index in [9.17, 15) is 5.11 Å². The van der Waals surface area contributed by atoms with Crippen molar-refractivity contribution in [1.82, 2.24) is 0 Å². The third-order valence-corrected chi connectivity index (χ3v) is 2.00. The first-order chi connectivity index (χ1) is 6.69. The van der Waals surface area contributed by atoms with Crippen LogP contribution in [0, 0.1) is 0 Å². The van der Waals surface area contributed by atoms with Crippen molar-refractivity contribution in [1.29, 1.82) is 0 Å². The molecule has 1 rings (SSSR count). The lowest BCUT2D eigenvalue weighted by atomic mass is 10.0. The van der Waals surface area contributed by atoms with Crippen LogP contribution in [0.4, 0.5) is 0 Å². The van der Waals surface area contributed by atoms with E-state index in [-0.39, 0.29) is 12.4 Å². The normalized spacial score (nSPS) is 12.8. The monoisotopic (exact) mass is 197 g/mol. The second-order valence-electron chi connectivity index (χ2n) is 3.12. The molecule has 0 heterocycles. The Bertz CT molecular complexity index is 301. The Kier molecular flexibility index (Phi) is 3.88. The summed E-state index contributed by atoms with van der Waals surface area (Å²) in [4.78, 5) is 0. The fourth-order valence-electron chi connectivity index (χ4n) is 1.26. The number of nitrogens with two attached hydrogens (primary N) is 1. The van der Waals surface area contributed by atoms with Crippen molar-refractivity contribution in [3.8, 4) is 5.75 Å². The second-order valence-corrected chi connectivity index (χ2v) is 3.12. The van der Waals surface area contributed by atoms with E-state index in [1.807, 2.05) is 0 Å². The number of aliphatic hydroxyl groups excluding tert-OH is 1. The molecule has 0 aliphatic rings. The Hall–Kier alpha value is -1.10. The molecule has 0 saturated heterocycles. The van der Waals surface area contributed by atoms with Gasteiger partial charge in [0.15, 0.2) is 0 Å². The highest BCUT2D eigenvalue weighted by Crippen LogP contribution is 2.23. The highest BCUT2D eigenvalue weighted by molar-refractivity contribution is 5.38. The van der Waals surface area contributed by atoms with Gasteiger partial charge in [-0.05, 0) is 17.7 Å². The van der Waals surface area contributed by atoms with E-state index >= 15 is 0 Å². The van der Waals surface area contributed by atoms with Crippen molar-refractivity contribution >= 4 is 0 Å². The van der Waals surface area contributed by atoms with Crippen LogP contribution in [-0.4, -0.2) is 23.9 Å². The first-order valence-electron chi connectivity index (χ1n) is 4.36. The van der Waals surface area contributed by atoms with E-state index in [1.54, 1.807) is 25.3 Å². The van der Waals surface area contributed by atoms with E-state index in [0.29, 0.717) is 12.2 Å². The van der Waals surface area contributed by atoms with Crippen molar-refractivity contribution in [3.05, 3.63) is 29.3 Å². The summed E-state index contributed by atoms with van der Waals surface area (Å²) in [6.45, 7) is 0.273. The van der Waals surface area contributed by atoms with Crippen LogP contribution in [0.1, 0.15) is 17.2 Å². The van der Waals surface area contributed by atoms with E-state index in [0.717, 1.165) is 5.56 Å². The predicted octanol–water partition coefficient (Wildman–Crippen LogP) is 0.531. The van der Waals surface area contributed by atoms with Gasteiger partial charge in [-0.1, -0.05) is 6.07 Å². The van der Waals surface area contributed by atoms with E-state index in [2.05, 4.69) is 0 Å². The number of aromatic hydroxyl groups is 1. The minimum atomic E-state index is -0.549. The Balaban J connectivity index is 2.95. The molecule has 4 heteroatoms. The highest BCUT2D eigenvalue weighted by atomic mass is 16.5. The van der Waals surface area contributed by atoms with E-state index in [4.69, 9.17) is 15.6 Å². The van der Waals surface area contributed by atoms with Crippen LogP contribution in [0.2, 0.25) is 0 Å². The third-order valence-electron chi connectivity index (χ3n) is 2.00. The van der Waals surface area contributed by atoms with Gasteiger partial charge in [-0.15, -0.1) is 0 Å². The highest BCUT2D eigenvalue weighted by Gasteiger charge is 2.10. The summed E-state index contributed by atoms with van der Waals surface area (Å²) in [5.74, 6) is 0.103. The summed E-state index contributed by atoms with van der Waals surface area (Å²) in [5.41, 5.74) is 7.07. The Morgan fingerprint density at radius 2 is 2.21 bits per heavy atom. The smallest absolute Gasteiger partial charge is 0.120 e. The SMILES string of the molecule is COCc1ccc(O)c([C@H](N)CO)c1. The van der Waals surface area contributed by atoms with Crippen LogP contribution < -0.4 is 5.73 Å². The molecule has 0 spiro atoms. The molecule has 78 valence electrons. The van der Waals surface area contributed by atoms with Crippen molar-refractivity contribution in [2.75, 3.05) is 13.7 Å². The Morgan fingerprint density at radius 1 is 1.50 bits per heavy atom. The van der Waals surface area contributed by atoms with Gasteiger partial charge in [0.1, 0.15) is 5.75 Å². The van der Waals surface area contributed by atoms with Gasteiger partial charge in [0.05, 0.1) is 19.3 Å². The van der Waals surface area contributed by atoms with Gasteiger partial charge in [0.25, 0.3) is 0 Å². The zero-order valence-corrected chi connectivity index (χ0v) is 8.10. The van der Waals surface area contributed by atoms with Crippen LogP contribution in [0.15, 0.2) is 18.2 Å². The number of benzene rings is 1. The molecule has 0 fully saturated rings. The number of ether oxygens (including phenoxy) is 1. The Morgan fingerprint density at radius 3 is 2.79 bits per heavy atom. The number of hydrogen-bond acceptors (Lipinski definition) is 4. The summed E-state index contributed by atoms with van der Waals surface area (Å²) < 4.78 is 4.95. The van der Waals surface area contributed by atoms with Gasteiger partial charge in [0.2, 0.25) is 0 Å². The number of aliphatic hydroxyl groups is 1. The van der Waals surface area contributed by atoms with Crippen molar-refractivity contribution < 1.29 is 14.9 Å². The predicted molar refractivity (Wildman–Crippen MR) is 52.8 cm³/mol. The standard InChI is InChI=1S/C10H15NO3/c1-14-6-7-2-3-10(13)8(4-7)9(11)5-12/h2-4,9,12-13H,5-6,11H2,1H3/t9-/m1/s1. The maximum absolute atomic E-state index is 9.47. The lowest BCUT2D eigenvalue weighted by Gasteiger charge is -2.12. The van der Waals surface area contributed by atoms with E-state index in [1.165, 1.54) is 0 Å². The van der Waals surface area contributed by atoms with Gasteiger partial charge in [-0.3, -0.25) is 0 Å². The molecule has 0 unspecified atom stereocenters. The minimum Gasteiger partial charge on any atom is -0.508 e. The molecule has 0 saturated carbocycles. The molecule has 0 aliphatic heterocycles. The molecule has 0 amide bonds. The number of hydrogen-bond donors (Lipinski definition) is 3. The zero-order chi connectivity index (χ0) is 10.6. The zero-order valence-electron chi connectivity index (χ0n) is 8.10. The third kappa shape index (κ3) is 2.45. The number of phenolic OH excluding ortho intramolecular Hbond substituents is 1. The molecular weight excluding hydrogens is 182 g/mol. The van der Waals surface area contributed by atoms with Crippen LogP contribution in [0.5, 0.6) is 5.75 Å². The first-order valence-corrected chi connectivity index (χ1v) is 4.36. The molecule has 14 heavy (non-hydrogen) atoms. The quantitative estimate of drug-likeness (QED) is 0.658. The lowest BCUT2D eigenvalue weighted by Crippen LogP contribution is -2.14. The maximum Gasteiger partial charge on any atom is 0.120 e. The Labute approximate surface area is 82.9 Å². The summed E-state index contributed by atoms with van der Waals surface area (Å²) in [7, 11) is 1.60. The van der Waals surface area contributed by atoms with Crippen molar-refractivity contribution in [3.63, 3.8) is 0 Å².